The zero-order chi connectivity index (χ0) is 16.7. The lowest BCUT2D eigenvalue weighted by Crippen LogP contribution is -2.53. The second kappa shape index (κ2) is 8.93. The Balaban J connectivity index is 1.75. The van der Waals surface area contributed by atoms with E-state index in [2.05, 4.69) is 4.90 Å². The Bertz CT molecular complexity index is 469. The van der Waals surface area contributed by atoms with Gasteiger partial charge in [0.1, 0.15) is 6.61 Å². The highest BCUT2D eigenvalue weighted by molar-refractivity contribution is 7.86. The molecule has 0 unspecified atom stereocenters. The molecule has 2 aliphatic rings. The van der Waals surface area contributed by atoms with Gasteiger partial charge < -0.3 is 9.84 Å². The minimum Gasteiger partial charge on any atom is -0.480 e. The van der Waals surface area contributed by atoms with Crippen LogP contribution in [0.4, 0.5) is 0 Å². The third kappa shape index (κ3) is 5.68. The van der Waals surface area contributed by atoms with Gasteiger partial charge in [-0.15, -0.1) is 0 Å². The molecule has 0 aromatic rings. The van der Waals surface area contributed by atoms with Crippen LogP contribution in [0.15, 0.2) is 0 Å². The Morgan fingerprint density at radius 2 is 1.48 bits per heavy atom. The second-order valence-electron chi connectivity index (χ2n) is 6.01. The van der Waals surface area contributed by atoms with Crippen molar-refractivity contribution in [1.29, 1.82) is 0 Å². The third-order valence-electron chi connectivity index (χ3n) is 4.33. The fourth-order valence-corrected chi connectivity index (χ4v) is 4.64. The maximum absolute atomic E-state index is 12.7. The zero-order valence-electron chi connectivity index (χ0n) is 13.5. The molecule has 0 atom stereocenters. The monoisotopic (exact) mass is 349 g/mol. The van der Waals surface area contributed by atoms with E-state index in [4.69, 9.17) is 9.84 Å². The Morgan fingerprint density at radius 1 is 0.913 bits per heavy atom. The van der Waals surface area contributed by atoms with Gasteiger partial charge in [0, 0.05) is 45.8 Å². The largest absolute Gasteiger partial charge is 0.480 e. The molecule has 0 amide bonds. The van der Waals surface area contributed by atoms with Crippen LogP contribution < -0.4 is 0 Å². The molecule has 0 aliphatic carbocycles. The van der Waals surface area contributed by atoms with E-state index < -0.39 is 16.2 Å². The van der Waals surface area contributed by atoms with E-state index in [1.807, 2.05) is 0 Å². The molecule has 0 aromatic heterocycles. The summed E-state index contributed by atoms with van der Waals surface area (Å²) >= 11 is 0. The van der Waals surface area contributed by atoms with Gasteiger partial charge in [-0.05, 0) is 12.8 Å². The Hall–Kier alpha value is -0.740. The molecule has 134 valence electrons. The lowest BCUT2D eigenvalue weighted by atomic mass is 10.2. The standard InChI is InChI=1S/C14H27N3O5S/c18-14(19)13-22-12-11-15-7-9-17(10-8-15)23(20,21)16-5-3-1-2-4-6-16/h1-13H2,(H,18,19). The first-order valence-corrected chi connectivity index (χ1v) is 9.67. The van der Waals surface area contributed by atoms with Gasteiger partial charge in [0.25, 0.3) is 10.2 Å². The van der Waals surface area contributed by atoms with Gasteiger partial charge in [-0.3, -0.25) is 4.90 Å². The molecule has 2 heterocycles. The van der Waals surface area contributed by atoms with Crippen LogP contribution >= 0.6 is 0 Å². The Labute approximate surface area is 138 Å². The Morgan fingerprint density at radius 3 is 2.04 bits per heavy atom. The van der Waals surface area contributed by atoms with Crippen LogP contribution in [0.5, 0.6) is 0 Å². The summed E-state index contributed by atoms with van der Waals surface area (Å²) in [5.41, 5.74) is 0. The average molecular weight is 349 g/mol. The van der Waals surface area contributed by atoms with Crippen molar-refractivity contribution >= 4 is 16.2 Å². The number of nitrogens with zero attached hydrogens (tertiary/aromatic N) is 3. The fraction of sp³-hybridized carbons (Fsp3) is 0.929. The van der Waals surface area contributed by atoms with Gasteiger partial charge in [-0.2, -0.15) is 17.0 Å². The number of rotatable bonds is 7. The SMILES string of the molecule is O=C(O)COCCN1CCN(S(=O)(=O)N2CCCCCC2)CC1. The van der Waals surface area contributed by atoms with E-state index in [1.54, 1.807) is 8.61 Å². The summed E-state index contributed by atoms with van der Waals surface area (Å²) in [7, 11) is -3.34. The Kier molecular flexibility index (Phi) is 7.22. The molecule has 0 aromatic carbocycles. The van der Waals surface area contributed by atoms with E-state index in [9.17, 15) is 13.2 Å². The third-order valence-corrected chi connectivity index (χ3v) is 6.36. The number of ether oxygens (including phenoxy) is 1. The van der Waals surface area contributed by atoms with Crippen molar-refractivity contribution in [3.8, 4) is 0 Å². The molecule has 2 aliphatic heterocycles. The van der Waals surface area contributed by atoms with Gasteiger partial charge >= 0.3 is 5.97 Å². The molecule has 23 heavy (non-hydrogen) atoms. The molecule has 0 radical (unpaired) electrons. The highest BCUT2D eigenvalue weighted by atomic mass is 32.2. The summed E-state index contributed by atoms with van der Waals surface area (Å²) < 4.78 is 33.6. The number of piperazine rings is 1. The highest BCUT2D eigenvalue weighted by Crippen LogP contribution is 2.17. The summed E-state index contributed by atoms with van der Waals surface area (Å²) in [6.07, 6.45) is 4.10. The molecule has 9 heteroatoms. The molecule has 1 N–H and O–H groups in total. The molecule has 2 fully saturated rings. The molecular weight excluding hydrogens is 322 g/mol. The minimum absolute atomic E-state index is 0.288. The predicted octanol–water partition coefficient (Wildman–Crippen LogP) is -0.174. The van der Waals surface area contributed by atoms with E-state index in [0.717, 1.165) is 25.7 Å². The minimum atomic E-state index is -3.34. The molecule has 0 saturated carbocycles. The fourth-order valence-electron chi connectivity index (χ4n) is 2.97. The van der Waals surface area contributed by atoms with Crippen LogP contribution in [0, 0.1) is 0 Å². The first kappa shape index (κ1) is 18.6. The van der Waals surface area contributed by atoms with E-state index in [0.29, 0.717) is 52.4 Å². The van der Waals surface area contributed by atoms with E-state index in [-0.39, 0.29) is 6.61 Å². The number of aliphatic carboxylic acids is 1. The van der Waals surface area contributed by atoms with Crippen LogP contribution in [0.25, 0.3) is 0 Å². The average Bonchev–Trinajstić information content (AvgIpc) is 2.81. The second-order valence-corrected chi connectivity index (χ2v) is 7.94. The quantitative estimate of drug-likeness (QED) is 0.642. The van der Waals surface area contributed by atoms with Crippen molar-refractivity contribution in [2.45, 2.75) is 25.7 Å². The molecule has 2 saturated heterocycles. The number of carboxylic acids is 1. The zero-order valence-corrected chi connectivity index (χ0v) is 14.3. The molecule has 0 bridgehead atoms. The van der Waals surface area contributed by atoms with Crippen molar-refractivity contribution in [3.05, 3.63) is 0 Å². The van der Waals surface area contributed by atoms with Gasteiger partial charge in [-0.1, -0.05) is 12.8 Å². The molecule has 2 rings (SSSR count). The van der Waals surface area contributed by atoms with Crippen molar-refractivity contribution in [1.82, 2.24) is 13.5 Å². The molecule has 8 nitrogen and oxygen atoms in total. The van der Waals surface area contributed by atoms with Crippen LogP contribution in [-0.2, 0) is 19.7 Å². The van der Waals surface area contributed by atoms with Gasteiger partial charge in [0.15, 0.2) is 0 Å². The van der Waals surface area contributed by atoms with Gasteiger partial charge in [0.2, 0.25) is 0 Å². The van der Waals surface area contributed by atoms with Gasteiger partial charge in [-0.25, -0.2) is 4.79 Å². The van der Waals surface area contributed by atoms with Crippen LogP contribution in [0.2, 0.25) is 0 Å². The molecular formula is C14H27N3O5S. The summed E-state index contributed by atoms with van der Waals surface area (Å²) in [5.74, 6) is -0.974. The van der Waals surface area contributed by atoms with E-state index in [1.165, 1.54) is 0 Å². The molecule has 0 spiro atoms. The topological polar surface area (TPSA) is 90.4 Å². The normalized spacial score (nSPS) is 22.8. The maximum Gasteiger partial charge on any atom is 0.329 e. The first-order chi connectivity index (χ1) is 11.0. The van der Waals surface area contributed by atoms with E-state index >= 15 is 0 Å². The first-order valence-electron chi connectivity index (χ1n) is 8.27. The summed E-state index contributed by atoms with van der Waals surface area (Å²) in [5, 5.41) is 8.50. The predicted molar refractivity (Wildman–Crippen MR) is 85.4 cm³/mol. The summed E-state index contributed by atoms with van der Waals surface area (Å²) in [4.78, 5) is 12.5. The number of carboxylic acid groups (broad SMARTS) is 1. The lowest BCUT2D eigenvalue weighted by molar-refractivity contribution is -0.142. The van der Waals surface area contributed by atoms with Crippen molar-refractivity contribution in [3.63, 3.8) is 0 Å². The van der Waals surface area contributed by atoms with Crippen molar-refractivity contribution in [2.24, 2.45) is 0 Å². The number of hydrogen-bond donors (Lipinski definition) is 1. The number of hydrogen-bond acceptors (Lipinski definition) is 5. The van der Waals surface area contributed by atoms with Crippen LogP contribution in [0.3, 0.4) is 0 Å². The summed E-state index contributed by atoms with van der Waals surface area (Å²) in [6, 6.07) is 0. The van der Waals surface area contributed by atoms with Crippen molar-refractivity contribution < 1.29 is 23.1 Å². The van der Waals surface area contributed by atoms with Crippen LogP contribution in [-0.4, -0.2) is 92.0 Å². The van der Waals surface area contributed by atoms with Gasteiger partial charge in [0.05, 0.1) is 6.61 Å². The summed E-state index contributed by atoms with van der Waals surface area (Å²) in [6.45, 7) is 4.24. The lowest BCUT2D eigenvalue weighted by Gasteiger charge is -2.36. The van der Waals surface area contributed by atoms with Crippen molar-refractivity contribution in [2.75, 3.05) is 59.0 Å². The highest BCUT2D eigenvalue weighted by Gasteiger charge is 2.32. The van der Waals surface area contributed by atoms with Crippen LogP contribution in [0.1, 0.15) is 25.7 Å². The maximum atomic E-state index is 12.7. The number of carbonyl (C=O) groups is 1. The smallest absolute Gasteiger partial charge is 0.329 e.